The minimum Gasteiger partial charge on any atom is -0.466 e. The maximum Gasteiger partial charge on any atom is 0.309 e. The molecule has 2 aliphatic heterocycles. The van der Waals surface area contributed by atoms with Gasteiger partial charge in [-0.1, -0.05) is 26.7 Å². The minimum atomic E-state index is -0.304. The lowest BCUT2D eigenvalue weighted by molar-refractivity contribution is -0.161. The first-order chi connectivity index (χ1) is 12.1. The molecule has 3 fully saturated rings. The number of Topliss-reactive ketones (excluding diaryl/α,β-unsaturated/α-hetero) is 1. The van der Waals surface area contributed by atoms with Gasteiger partial charge in [-0.2, -0.15) is 11.8 Å². The Kier molecular flexibility index (Phi) is 8.77. The van der Waals surface area contributed by atoms with Gasteiger partial charge in [0.05, 0.1) is 18.6 Å². The van der Waals surface area contributed by atoms with Gasteiger partial charge in [0.1, 0.15) is 6.10 Å². The Bertz CT molecular complexity index is 439. The molecule has 0 amide bonds. The van der Waals surface area contributed by atoms with Gasteiger partial charge in [-0.15, -0.1) is 0 Å². The second kappa shape index (κ2) is 10.6. The van der Waals surface area contributed by atoms with Gasteiger partial charge in [-0.25, -0.2) is 0 Å². The molecule has 3 aliphatic rings. The predicted octanol–water partition coefficient (Wildman–Crippen LogP) is 4.39. The Morgan fingerprint density at radius 2 is 2.00 bits per heavy atom. The molecule has 0 N–H and O–H groups in total. The Hall–Kier alpha value is -0.550. The molecule has 0 spiro atoms. The molecular weight excluding hydrogens is 336 g/mol. The van der Waals surface area contributed by atoms with Crippen LogP contribution in [0.25, 0.3) is 0 Å². The molecule has 2 bridgehead atoms. The number of ether oxygens (including phenoxy) is 2. The molecule has 1 saturated carbocycles. The van der Waals surface area contributed by atoms with E-state index < -0.39 is 0 Å². The Labute approximate surface area is 156 Å². The van der Waals surface area contributed by atoms with Crippen molar-refractivity contribution in [3.63, 3.8) is 0 Å². The van der Waals surface area contributed by atoms with Crippen LogP contribution in [0.1, 0.15) is 72.1 Å². The summed E-state index contributed by atoms with van der Waals surface area (Å²) >= 11 is 2.00. The molecule has 0 aromatic rings. The van der Waals surface area contributed by atoms with Gasteiger partial charge in [0.15, 0.2) is 5.78 Å². The van der Waals surface area contributed by atoms with Crippen LogP contribution in [0.5, 0.6) is 0 Å². The zero-order valence-corrected chi connectivity index (χ0v) is 16.8. The fourth-order valence-electron chi connectivity index (χ4n) is 4.02. The summed E-state index contributed by atoms with van der Waals surface area (Å²) in [6.45, 7) is 6.49. The Balaban J connectivity index is 1.92. The molecular formula is C20H34O4S. The summed E-state index contributed by atoms with van der Waals surface area (Å²) in [5.74, 6) is 1.09. The summed E-state index contributed by atoms with van der Waals surface area (Å²) in [5.41, 5.74) is 0. The van der Waals surface area contributed by atoms with Crippen LogP contribution in [0.3, 0.4) is 0 Å². The molecule has 0 aromatic heterocycles. The Morgan fingerprint density at radius 3 is 2.60 bits per heavy atom. The van der Waals surface area contributed by atoms with Crippen LogP contribution < -0.4 is 0 Å². The quantitative estimate of drug-likeness (QED) is 0.505. The second-order valence-corrected chi connectivity index (χ2v) is 8.69. The van der Waals surface area contributed by atoms with Crippen molar-refractivity contribution >= 4 is 23.5 Å². The molecule has 0 aromatic carbocycles. The van der Waals surface area contributed by atoms with Crippen molar-refractivity contribution in [2.24, 2.45) is 11.8 Å². The number of carbonyl (C=O) groups excluding carboxylic acids is 2. The highest BCUT2D eigenvalue weighted by Crippen LogP contribution is 2.43. The number of unbranched alkanes of at least 4 members (excludes halogenated alkanes) is 1. The first-order valence-electron chi connectivity index (χ1n) is 10.1. The van der Waals surface area contributed by atoms with Gasteiger partial charge >= 0.3 is 5.97 Å². The molecule has 0 radical (unpaired) electrons. The molecule has 5 atom stereocenters. The summed E-state index contributed by atoms with van der Waals surface area (Å²) in [6.07, 6.45) is 7.33. The minimum absolute atomic E-state index is 0.114. The van der Waals surface area contributed by atoms with Crippen molar-refractivity contribution in [1.82, 2.24) is 0 Å². The van der Waals surface area contributed by atoms with Gasteiger partial charge in [0, 0.05) is 11.7 Å². The average molecular weight is 371 g/mol. The van der Waals surface area contributed by atoms with Crippen LogP contribution in [-0.4, -0.2) is 41.6 Å². The third kappa shape index (κ3) is 5.72. The highest BCUT2D eigenvalue weighted by Gasteiger charge is 2.46. The summed E-state index contributed by atoms with van der Waals surface area (Å²) < 4.78 is 11.4. The maximum absolute atomic E-state index is 12.9. The van der Waals surface area contributed by atoms with E-state index in [1.807, 2.05) is 18.7 Å². The molecule has 144 valence electrons. The van der Waals surface area contributed by atoms with E-state index >= 15 is 0 Å². The number of hydrogen-bond donors (Lipinski definition) is 0. The highest BCUT2D eigenvalue weighted by molar-refractivity contribution is 7.99. The van der Waals surface area contributed by atoms with Crippen molar-refractivity contribution in [3.8, 4) is 0 Å². The molecule has 2 saturated heterocycles. The van der Waals surface area contributed by atoms with Crippen molar-refractivity contribution in [1.29, 1.82) is 0 Å². The largest absolute Gasteiger partial charge is 0.466 e. The van der Waals surface area contributed by atoms with Crippen LogP contribution in [0.15, 0.2) is 0 Å². The van der Waals surface area contributed by atoms with Crippen LogP contribution in [0.2, 0.25) is 0 Å². The van der Waals surface area contributed by atoms with Crippen LogP contribution in [-0.2, 0) is 19.1 Å². The van der Waals surface area contributed by atoms with E-state index in [0.717, 1.165) is 44.3 Å². The first-order valence-corrected chi connectivity index (χ1v) is 11.1. The van der Waals surface area contributed by atoms with E-state index in [4.69, 9.17) is 9.47 Å². The number of fused-ring (bicyclic) bond motifs is 3. The van der Waals surface area contributed by atoms with Crippen LogP contribution >= 0.6 is 11.8 Å². The fraction of sp³-hybridized carbons (Fsp3) is 0.900. The number of carbonyl (C=O) groups is 2. The first kappa shape index (κ1) is 20.8. The molecule has 5 unspecified atom stereocenters. The third-order valence-electron chi connectivity index (χ3n) is 5.35. The number of ketones is 1. The van der Waals surface area contributed by atoms with E-state index in [1.54, 1.807) is 0 Å². The topological polar surface area (TPSA) is 52.6 Å². The lowest BCUT2D eigenvalue weighted by Crippen LogP contribution is -2.51. The zero-order valence-electron chi connectivity index (χ0n) is 16.0. The molecule has 1 aliphatic carbocycles. The number of rotatable bonds is 11. The normalized spacial score (nSPS) is 29.4. The van der Waals surface area contributed by atoms with E-state index in [9.17, 15) is 9.59 Å². The number of thioether (sulfide) groups is 1. The average Bonchev–Trinajstić information content (AvgIpc) is 2.63. The summed E-state index contributed by atoms with van der Waals surface area (Å²) in [4.78, 5) is 25.0. The van der Waals surface area contributed by atoms with Gasteiger partial charge in [-0.3, -0.25) is 9.59 Å². The lowest BCUT2D eigenvalue weighted by atomic mass is 9.77. The fourth-order valence-corrected chi connectivity index (χ4v) is 5.36. The molecule has 25 heavy (non-hydrogen) atoms. The Morgan fingerprint density at radius 1 is 1.20 bits per heavy atom. The van der Waals surface area contributed by atoms with Crippen molar-refractivity contribution in [3.05, 3.63) is 0 Å². The van der Waals surface area contributed by atoms with Gasteiger partial charge in [-0.05, 0) is 50.7 Å². The van der Waals surface area contributed by atoms with Crippen LogP contribution in [0, 0.1) is 11.8 Å². The van der Waals surface area contributed by atoms with E-state index in [0.29, 0.717) is 17.8 Å². The highest BCUT2D eigenvalue weighted by atomic mass is 32.2. The number of esters is 1. The third-order valence-corrected chi connectivity index (χ3v) is 6.92. The molecule has 2 heterocycles. The van der Waals surface area contributed by atoms with E-state index in [1.165, 1.54) is 6.42 Å². The van der Waals surface area contributed by atoms with Crippen molar-refractivity contribution in [2.45, 2.75) is 89.6 Å². The predicted molar refractivity (Wildman–Crippen MR) is 102 cm³/mol. The smallest absolute Gasteiger partial charge is 0.309 e. The summed E-state index contributed by atoms with van der Waals surface area (Å²) in [5, 5.41) is 0.545. The standard InChI is InChI=1S/C20H34O4S/c1-4-7-8-15(20(22)23-6-3)12-16(21)19-14-9-10-17(24-19)18(13-14)25-11-5-2/h14-15,17-19H,4-13H2,1-3H3. The molecule has 4 nitrogen and oxygen atoms in total. The van der Waals surface area contributed by atoms with Gasteiger partial charge < -0.3 is 9.47 Å². The van der Waals surface area contributed by atoms with Gasteiger partial charge in [0.25, 0.3) is 0 Å². The van der Waals surface area contributed by atoms with Crippen molar-refractivity contribution in [2.75, 3.05) is 12.4 Å². The summed E-state index contributed by atoms with van der Waals surface area (Å²) in [7, 11) is 0. The van der Waals surface area contributed by atoms with E-state index in [2.05, 4.69) is 13.8 Å². The maximum atomic E-state index is 12.9. The summed E-state index contributed by atoms with van der Waals surface area (Å²) in [6, 6.07) is 0. The SMILES string of the molecule is CCCCC(CC(=O)C1OC2CCC1CC2SCCC)C(=O)OCC. The monoisotopic (exact) mass is 370 g/mol. The lowest BCUT2D eigenvalue weighted by Gasteiger charge is -2.46. The molecule has 5 heteroatoms. The second-order valence-electron chi connectivity index (χ2n) is 7.34. The zero-order chi connectivity index (χ0) is 18.2. The van der Waals surface area contributed by atoms with Crippen molar-refractivity contribution < 1.29 is 19.1 Å². The van der Waals surface area contributed by atoms with Crippen LogP contribution in [0.4, 0.5) is 0 Å². The van der Waals surface area contributed by atoms with E-state index in [-0.39, 0.29) is 36.3 Å². The molecule has 3 rings (SSSR count). The number of hydrogen-bond acceptors (Lipinski definition) is 5. The van der Waals surface area contributed by atoms with Gasteiger partial charge in [0.2, 0.25) is 0 Å².